The Labute approximate surface area is 173 Å². The molecule has 29 heavy (non-hydrogen) atoms. The summed E-state index contributed by atoms with van der Waals surface area (Å²) >= 11 is 0. The van der Waals surface area contributed by atoms with E-state index in [2.05, 4.69) is 24.5 Å². The zero-order valence-electron chi connectivity index (χ0n) is 17.1. The van der Waals surface area contributed by atoms with Crippen molar-refractivity contribution in [2.75, 3.05) is 33.2 Å². The van der Waals surface area contributed by atoms with Crippen molar-refractivity contribution in [2.24, 2.45) is 0 Å². The highest BCUT2D eigenvalue weighted by molar-refractivity contribution is 7.89. The average molecular weight is 417 g/mol. The lowest BCUT2D eigenvalue weighted by Gasteiger charge is -2.29. The van der Waals surface area contributed by atoms with Gasteiger partial charge in [-0.3, -0.25) is 4.79 Å². The van der Waals surface area contributed by atoms with Gasteiger partial charge in [0.05, 0.1) is 38.1 Å². The van der Waals surface area contributed by atoms with Gasteiger partial charge in [-0.25, -0.2) is 8.42 Å². The highest BCUT2D eigenvalue weighted by Crippen LogP contribution is 2.17. The highest BCUT2D eigenvalue weighted by Gasteiger charge is 2.29. The van der Waals surface area contributed by atoms with Gasteiger partial charge in [0.2, 0.25) is 10.0 Å². The Hall–Kier alpha value is -2.22. The predicted octanol–water partition coefficient (Wildman–Crippen LogP) is 0.957. The van der Waals surface area contributed by atoms with Crippen LogP contribution >= 0.6 is 0 Å². The minimum Gasteiger partial charge on any atom is -0.350 e. The summed E-state index contributed by atoms with van der Waals surface area (Å²) in [4.78, 5) is 14.2. The van der Waals surface area contributed by atoms with Crippen LogP contribution in [0, 0.1) is 0 Å². The molecule has 7 heteroatoms. The molecule has 6 nitrogen and oxygen atoms in total. The molecule has 2 aromatic rings. The van der Waals surface area contributed by atoms with Crippen LogP contribution in [0.1, 0.15) is 29.3 Å². The number of quaternary nitrogens is 1. The number of hydrogen-bond acceptors (Lipinski definition) is 3. The summed E-state index contributed by atoms with van der Waals surface area (Å²) in [5, 5.41) is 2.98. The van der Waals surface area contributed by atoms with Gasteiger partial charge in [0.25, 0.3) is 5.91 Å². The topological polar surface area (TPSA) is 70.9 Å². The Kier molecular flexibility index (Phi) is 7.05. The third kappa shape index (κ3) is 5.65. The van der Waals surface area contributed by atoms with Crippen molar-refractivity contribution in [3.63, 3.8) is 0 Å². The minimum atomic E-state index is -3.58. The fraction of sp³-hybridized carbons (Fsp3) is 0.409. The van der Waals surface area contributed by atoms with E-state index in [0.29, 0.717) is 18.7 Å². The van der Waals surface area contributed by atoms with Gasteiger partial charge >= 0.3 is 0 Å². The maximum absolute atomic E-state index is 12.9. The van der Waals surface area contributed by atoms with E-state index in [-0.39, 0.29) is 16.8 Å². The van der Waals surface area contributed by atoms with Crippen molar-refractivity contribution >= 4 is 15.9 Å². The van der Waals surface area contributed by atoms with E-state index < -0.39 is 10.0 Å². The molecule has 0 saturated carbocycles. The van der Waals surface area contributed by atoms with E-state index in [4.69, 9.17) is 0 Å². The van der Waals surface area contributed by atoms with Crippen molar-refractivity contribution in [1.82, 2.24) is 9.62 Å². The second kappa shape index (κ2) is 9.52. The predicted molar refractivity (Wildman–Crippen MR) is 114 cm³/mol. The second-order valence-corrected chi connectivity index (χ2v) is 9.73. The lowest BCUT2D eigenvalue weighted by molar-refractivity contribution is -0.883. The Bertz CT molecular complexity index is 923. The van der Waals surface area contributed by atoms with Crippen LogP contribution in [0.4, 0.5) is 0 Å². The fourth-order valence-electron chi connectivity index (χ4n) is 3.46. The molecule has 1 heterocycles. The van der Waals surface area contributed by atoms with Crippen molar-refractivity contribution in [1.29, 1.82) is 0 Å². The van der Waals surface area contributed by atoms with Crippen molar-refractivity contribution < 1.29 is 18.1 Å². The maximum atomic E-state index is 12.9. The molecule has 1 fully saturated rings. The van der Waals surface area contributed by atoms with Crippen LogP contribution in [0.25, 0.3) is 0 Å². The Balaban J connectivity index is 1.63. The molecular formula is C22H30N3O3S+. The summed E-state index contributed by atoms with van der Waals surface area (Å²) in [6.07, 6.45) is 1.69. The number of nitrogens with one attached hydrogen (secondary N) is 2. The molecule has 0 spiro atoms. The molecule has 0 unspecified atom stereocenters. The molecule has 0 aromatic heterocycles. The van der Waals surface area contributed by atoms with Crippen molar-refractivity contribution in [3.05, 3.63) is 65.7 Å². The molecule has 2 aromatic carbocycles. The molecular weight excluding hydrogens is 386 g/mol. The number of carbonyl (C=O) groups excluding carboxylic acids is 1. The third-order valence-corrected chi connectivity index (χ3v) is 7.29. The number of piperazine rings is 1. The molecule has 1 saturated heterocycles. The quantitative estimate of drug-likeness (QED) is 0.706. The maximum Gasteiger partial charge on any atom is 0.251 e. The summed E-state index contributed by atoms with van der Waals surface area (Å²) < 4.78 is 27.4. The van der Waals surface area contributed by atoms with Crippen LogP contribution in [-0.4, -0.2) is 57.9 Å². The fourth-order valence-corrected chi connectivity index (χ4v) is 4.95. The van der Waals surface area contributed by atoms with E-state index in [0.717, 1.165) is 25.9 Å². The van der Waals surface area contributed by atoms with Gasteiger partial charge in [-0.05, 0) is 43.5 Å². The normalized spacial score (nSPS) is 17.0. The number of sulfonamides is 1. The van der Waals surface area contributed by atoms with Gasteiger partial charge in [0, 0.05) is 11.6 Å². The van der Waals surface area contributed by atoms with Gasteiger partial charge < -0.3 is 10.2 Å². The molecule has 1 aliphatic rings. The smallest absolute Gasteiger partial charge is 0.251 e. The van der Waals surface area contributed by atoms with Gasteiger partial charge in [-0.15, -0.1) is 0 Å². The number of likely N-dealkylation sites (N-methyl/N-ethyl adjacent to an activating group) is 1. The zero-order chi connectivity index (χ0) is 20.9. The van der Waals surface area contributed by atoms with Gasteiger partial charge in [0.1, 0.15) is 0 Å². The molecule has 1 amide bonds. The van der Waals surface area contributed by atoms with Crippen LogP contribution < -0.4 is 10.2 Å². The standard InChI is InChI=1S/C22H29N3O3S/c1-18(11-12-19-7-4-3-5-8-19)23-22(26)20-9-6-10-21(17-20)29(27,28)25-15-13-24(2)14-16-25/h3-10,17-18H,11-16H2,1-2H3,(H,23,26)/p+1/t18-/m1/s1. The van der Waals surface area contributed by atoms with E-state index in [1.165, 1.54) is 20.8 Å². The molecule has 3 rings (SSSR count). The van der Waals surface area contributed by atoms with E-state index >= 15 is 0 Å². The molecule has 2 N–H and O–H groups in total. The number of nitrogens with zero attached hydrogens (tertiary/aromatic N) is 1. The Morgan fingerprint density at radius 1 is 1.10 bits per heavy atom. The summed E-state index contributed by atoms with van der Waals surface area (Å²) in [7, 11) is -1.51. The highest BCUT2D eigenvalue weighted by atomic mass is 32.2. The molecule has 1 atom stereocenters. The first-order valence-corrected chi connectivity index (χ1v) is 11.6. The van der Waals surface area contributed by atoms with Gasteiger partial charge in [-0.2, -0.15) is 4.31 Å². The summed E-state index contributed by atoms with van der Waals surface area (Å²) in [6, 6.07) is 16.5. The summed E-state index contributed by atoms with van der Waals surface area (Å²) in [5.41, 5.74) is 1.60. The van der Waals surface area contributed by atoms with E-state index in [1.54, 1.807) is 18.2 Å². The molecule has 0 radical (unpaired) electrons. The third-order valence-electron chi connectivity index (χ3n) is 5.40. The van der Waals surface area contributed by atoms with Crippen LogP contribution in [0.2, 0.25) is 0 Å². The van der Waals surface area contributed by atoms with Crippen LogP contribution in [0.15, 0.2) is 59.5 Å². The second-order valence-electron chi connectivity index (χ2n) is 7.79. The van der Waals surface area contributed by atoms with Gasteiger partial charge in [0.15, 0.2) is 0 Å². The van der Waals surface area contributed by atoms with E-state index in [1.807, 2.05) is 25.1 Å². The molecule has 1 aliphatic heterocycles. The Morgan fingerprint density at radius 3 is 2.48 bits per heavy atom. The Morgan fingerprint density at radius 2 is 1.79 bits per heavy atom. The first-order chi connectivity index (χ1) is 13.9. The number of carbonyl (C=O) groups is 1. The van der Waals surface area contributed by atoms with Gasteiger partial charge in [-0.1, -0.05) is 36.4 Å². The monoisotopic (exact) mass is 416 g/mol. The van der Waals surface area contributed by atoms with Crippen molar-refractivity contribution in [2.45, 2.75) is 30.7 Å². The number of rotatable bonds is 7. The first-order valence-electron chi connectivity index (χ1n) is 10.1. The van der Waals surface area contributed by atoms with Crippen molar-refractivity contribution in [3.8, 4) is 0 Å². The molecule has 156 valence electrons. The summed E-state index contributed by atoms with van der Waals surface area (Å²) in [6.45, 7) is 4.55. The minimum absolute atomic E-state index is 0.0106. The largest absolute Gasteiger partial charge is 0.350 e. The molecule has 0 bridgehead atoms. The SMILES string of the molecule is C[C@H](CCc1ccccc1)NC(=O)c1cccc(S(=O)(=O)N2CC[NH+](C)CC2)c1. The first kappa shape index (κ1) is 21.5. The number of benzene rings is 2. The average Bonchev–Trinajstić information content (AvgIpc) is 2.73. The lowest BCUT2D eigenvalue weighted by Crippen LogP contribution is -3.12. The summed E-state index contributed by atoms with van der Waals surface area (Å²) in [5.74, 6) is -0.245. The van der Waals surface area contributed by atoms with Crippen LogP contribution in [0.5, 0.6) is 0 Å². The number of amides is 1. The zero-order valence-corrected chi connectivity index (χ0v) is 17.9. The molecule has 0 aliphatic carbocycles. The van der Waals surface area contributed by atoms with Crippen LogP contribution in [-0.2, 0) is 16.4 Å². The van der Waals surface area contributed by atoms with E-state index in [9.17, 15) is 13.2 Å². The lowest BCUT2D eigenvalue weighted by atomic mass is 10.1. The number of hydrogen-bond donors (Lipinski definition) is 2. The van der Waals surface area contributed by atoms with Crippen LogP contribution in [0.3, 0.4) is 0 Å². The number of aryl methyl sites for hydroxylation is 1.